The molecule has 0 bridgehead atoms. The van der Waals surface area contributed by atoms with E-state index in [2.05, 4.69) is 0 Å². The first-order valence-electron chi connectivity index (χ1n) is 0.583. The Hall–Kier alpha value is 0.820. The summed E-state index contributed by atoms with van der Waals surface area (Å²) in [5, 5.41) is 0. The fourth-order valence-electron chi connectivity index (χ4n) is 0. The molecule has 0 aliphatic carbocycles. The van der Waals surface area contributed by atoms with Crippen LogP contribution in [0.15, 0.2) is 0 Å². The monoisotopic (exact) mass is 195 g/mol. The molecule has 0 aliphatic rings. The second-order valence-electron chi connectivity index (χ2n) is 0.253. The molecule has 0 aromatic rings. The van der Waals surface area contributed by atoms with Gasteiger partial charge in [0.1, 0.15) is 0 Å². The number of hydrogen-bond donors (Lipinski definition) is 2. The molecule has 0 unspecified atom stereocenters. The van der Waals surface area contributed by atoms with E-state index in [-0.39, 0.29) is 58.4 Å². The average molecular weight is 195 g/mol. The van der Waals surface area contributed by atoms with Crippen molar-refractivity contribution >= 4 is 8.25 Å². The van der Waals surface area contributed by atoms with Crippen LogP contribution in [0.4, 0.5) is 0 Å². The first-order valence-corrected chi connectivity index (χ1v) is 1.75. The Balaban J connectivity index is -0.00000000214. The molecule has 66 valence electrons. The maximum Gasteiger partial charge on any atom is 1.00 e. The molecule has 0 aromatic heterocycles. The summed E-state index contributed by atoms with van der Waals surface area (Å²) >= 11 is 0. The van der Waals surface area contributed by atoms with Crippen molar-refractivity contribution in [1.82, 2.24) is 0 Å². The van der Waals surface area contributed by atoms with Crippen LogP contribution in [-0.2, 0) is 4.57 Å². The summed E-state index contributed by atoms with van der Waals surface area (Å²) in [5.41, 5.74) is 0. The van der Waals surface area contributed by atoms with Gasteiger partial charge in [-0.3, -0.25) is 0 Å². The fourth-order valence-corrected chi connectivity index (χ4v) is 0. The van der Waals surface area contributed by atoms with E-state index in [1.807, 2.05) is 0 Å². The standard InChI is InChI=1S/Na.HO3P.5H2O.H/c;1-4(2)3;;;;;;/h;(H-,1,2,3);5*1H2;/q+1;;;;;;;-1/p+1. The van der Waals surface area contributed by atoms with E-state index in [0.717, 1.165) is 0 Å². The molecule has 12 N–H and O–H groups in total. The summed E-state index contributed by atoms with van der Waals surface area (Å²) in [6.07, 6.45) is 0. The van der Waals surface area contributed by atoms with Crippen LogP contribution < -0.4 is 29.6 Å². The van der Waals surface area contributed by atoms with Gasteiger partial charge in [0.15, 0.2) is 0 Å². The molecule has 0 atom stereocenters. The zero-order valence-corrected chi connectivity index (χ0v) is 8.14. The van der Waals surface area contributed by atoms with Crippen molar-refractivity contribution in [1.29, 1.82) is 0 Å². The van der Waals surface area contributed by atoms with Crippen molar-refractivity contribution in [3.8, 4) is 0 Å². The summed E-state index contributed by atoms with van der Waals surface area (Å²) in [5.74, 6) is 0. The molecule has 0 amide bonds. The topological polar surface area (TPSA) is 215 Å². The third-order valence-corrected chi connectivity index (χ3v) is 0. The van der Waals surface area contributed by atoms with Crippen LogP contribution in [0.5, 0.6) is 0 Å². The van der Waals surface area contributed by atoms with E-state index < -0.39 is 8.25 Å². The second kappa shape index (κ2) is 52.4. The van der Waals surface area contributed by atoms with E-state index in [4.69, 9.17) is 14.4 Å². The summed E-state index contributed by atoms with van der Waals surface area (Å²) in [6, 6.07) is 0. The third-order valence-electron chi connectivity index (χ3n) is 0. The van der Waals surface area contributed by atoms with Crippen molar-refractivity contribution in [2.75, 3.05) is 0 Å². The first-order chi connectivity index (χ1) is 1.73. The minimum Gasteiger partial charge on any atom is -1.00 e. The molecule has 0 heterocycles. The molecule has 0 spiro atoms. The predicted octanol–water partition coefficient (Wildman–Crippen LogP) is -7.38. The van der Waals surface area contributed by atoms with E-state index in [1.165, 1.54) is 0 Å². The largest absolute Gasteiger partial charge is 1.00 e. The van der Waals surface area contributed by atoms with Crippen LogP contribution in [0, 0.1) is 0 Å². The van der Waals surface area contributed by atoms with E-state index in [0.29, 0.717) is 0 Å². The van der Waals surface area contributed by atoms with Gasteiger partial charge >= 0.3 is 37.8 Å². The quantitative estimate of drug-likeness (QED) is 0.284. The fraction of sp³-hybridized carbons (Fsp3) is 0. The summed E-state index contributed by atoms with van der Waals surface area (Å²) in [7, 11) is -2.87. The number of rotatable bonds is 0. The molecule has 0 saturated carbocycles. The van der Waals surface area contributed by atoms with Crippen LogP contribution >= 0.6 is 8.25 Å². The molecule has 0 fully saturated rings. The van der Waals surface area contributed by atoms with Gasteiger partial charge in [-0.1, -0.05) is 0 Å². The normalized spacial score (nSPS) is 2.60. The van der Waals surface area contributed by atoms with Crippen molar-refractivity contribution in [2.24, 2.45) is 0 Å². The van der Waals surface area contributed by atoms with Crippen molar-refractivity contribution in [2.45, 2.75) is 0 Å². The van der Waals surface area contributed by atoms with Crippen molar-refractivity contribution in [3.63, 3.8) is 0 Å². The molecular weight excluding hydrogens is 182 g/mol. The number of hydrogen-bond acceptors (Lipinski definition) is 1. The van der Waals surface area contributed by atoms with Crippen LogP contribution in [-0.4, -0.2) is 37.2 Å². The predicted molar refractivity (Wildman–Crippen MR) is 31.2 cm³/mol. The molecule has 10 heteroatoms. The Morgan fingerprint density at radius 1 is 0.900 bits per heavy atom. The van der Waals surface area contributed by atoms with Gasteiger partial charge in [-0.25, -0.2) is 0 Å². The Labute approximate surface area is 81.1 Å². The van der Waals surface area contributed by atoms with Crippen LogP contribution in [0.1, 0.15) is 1.43 Å². The third kappa shape index (κ3) is 802. The van der Waals surface area contributed by atoms with E-state index >= 15 is 0 Å². The van der Waals surface area contributed by atoms with Gasteiger partial charge in [0.05, 0.1) is 0 Å². The van der Waals surface area contributed by atoms with Gasteiger partial charge in [0.25, 0.3) is 0 Å². The van der Waals surface area contributed by atoms with E-state index in [9.17, 15) is 0 Å². The minimum atomic E-state index is -2.87. The summed E-state index contributed by atoms with van der Waals surface area (Å²) in [4.78, 5) is 14.2. The smallest absolute Gasteiger partial charge is 1.00 e. The Bertz CT molecular complexity index is 37.1. The summed E-state index contributed by atoms with van der Waals surface area (Å²) in [6.45, 7) is 0. The molecular formula is H13NaO8P+. The molecule has 0 aliphatic heterocycles. The van der Waals surface area contributed by atoms with Crippen molar-refractivity contribution in [3.05, 3.63) is 0 Å². The van der Waals surface area contributed by atoms with Crippen molar-refractivity contribution < 1.29 is 72.7 Å². The molecule has 0 rings (SSSR count). The van der Waals surface area contributed by atoms with Crippen LogP contribution in [0.25, 0.3) is 0 Å². The molecule has 0 radical (unpaired) electrons. The Morgan fingerprint density at radius 3 is 0.900 bits per heavy atom. The van der Waals surface area contributed by atoms with E-state index in [1.54, 1.807) is 0 Å². The SMILES string of the molecule is O.O.O.O.O.O=[P+](O)O.[H-].[Na+]. The molecule has 0 saturated heterocycles. The molecule has 10 heavy (non-hydrogen) atoms. The molecule has 8 nitrogen and oxygen atoms in total. The summed E-state index contributed by atoms with van der Waals surface area (Å²) < 4.78 is 8.70. The molecule has 0 aromatic carbocycles. The first kappa shape index (κ1) is 71.5. The maximum absolute atomic E-state index is 8.70. The van der Waals surface area contributed by atoms with Gasteiger partial charge in [-0.2, -0.15) is 0 Å². The zero-order chi connectivity index (χ0) is 3.58. The Kier molecular flexibility index (Phi) is 374. The van der Waals surface area contributed by atoms with Gasteiger partial charge in [0.2, 0.25) is 0 Å². The minimum absolute atomic E-state index is 0. The van der Waals surface area contributed by atoms with Gasteiger partial charge < -0.3 is 28.8 Å². The second-order valence-corrected chi connectivity index (χ2v) is 0.758. The van der Waals surface area contributed by atoms with Gasteiger partial charge in [0, 0.05) is 4.57 Å². The zero-order valence-electron chi connectivity index (χ0n) is 6.25. The van der Waals surface area contributed by atoms with Gasteiger partial charge in [-0.05, 0) is 0 Å². The maximum atomic E-state index is 8.70. The van der Waals surface area contributed by atoms with Crippen LogP contribution in [0.2, 0.25) is 0 Å². The Morgan fingerprint density at radius 2 is 0.900 bits per heavy atom. The van der Waals surface area contributed by atoms with Crippen LogP contribution in [0.3, 0.4) is 0 Å². The average Bonchev–Trinajstić information content (AvgIpc) is 0.811. The van der Waals surface area contributed by atoms with Gasteiger partial charge in [-0.15, -0.1) is 9.79 Å².